The van der Waals surface area contributed by atoms with Gasteiger partial charge in [0.25, 0.3) is 12.6 Å². The number of unbranched alkanes of at least 4 members (excludes halogenated alkanes) is 3. The summed E-state index contributed by atoms with van der Waals surface area (Å²) in [4.78, 5) is 25.6. The molecule has 0 fully saturated rings. The lowest BCUT2D eigenvalue weighted by molar-refractivity contribution is -0.439. The molecule has 0 spiro atoms. The highest BCUT2D eigenvalue weighted by atomic mass is 16.9. The normalized spacial score (nSPS) is 13.6. The molecule has 0 aliphatic rings. The predicted molar refractivity (Wildman–Crippen MR) is 155 cm³/mol. The molecule has 0 aliphatic heterocycles. The van der Waals surface area contributed by atoms with Gasteiger partial charge in [-0.3, -0.25) is 9.59 Å². The van der Waals surface area contributed by atoms with Gasteiger partial charge >= 0.3 is 23.9 Å². The van der Waals surface area contributed by atoms with Crippen molar-refractivity contribution < 1.29 is 57.0 Å². The summed E-state index contributed by atoms with van der Waals surface area (Å²) in [5.41, 5.74) is 0. The first-order chi connectivity index (χ1) is 20.3. The first kappa shape index (κ1) is 40.6. The maximum atomic E-state index is 12.8. The van der Waals surface area contributed by atoms with Gasteiger partial charge in [-0.25, -0.2) is 0 Å². The second-order valence-electron chi connectivity index (χ2n) is 9.12. The Hall–Kier alpha value is -1.38. The Morgan fingerprint density at radius 1 is 0.476 bits per heavy atom. The average Bonchev–Trinajstić information content (AvgIpc) is 2.95. The molecule has 2 atom stereocenters. The standard InChI is InChI=1S/C30H58O12/c1-9-23-35-27(33-11-3)29(37-13-5,38-14-6)41-25(31)21-19-17-18-20-22-26(32)42-30(39-15-7,40-16-8)28(34-12-4)36-24-10-2/h27-28H,9-24H2,1-8H3. The lowest BCUT2D eigenvalue weighted by atomic mass is 10.1. The topological polar surface area (TPSA) is 126 Å². The van der Waals surface area contributed by atoms with Gasteiger partial charge in [0.2, 0.25) is 0 Å². The minimum absolute atomic E-state index is 0.140. The molecule has 0 radical (unpaired) electrons. The molecule has 0 heterocycles. The van der Waals surface area contributed by atoms with Crippen LogP contribution < -0.4 is 0 Å². The fourth-order valence-corrected chi connectivity index (χ4v) is 3.94. The Labute approximate surface area is 253 Å². The summed E-state index contributed by atoms with van der Waals surface area (Å²) in [5, 5.41) is 0. The van der Waals surface area contributed by atoms with Gasteiger partial charge in [-0.05, 0) is 67.2 Å². The van der Waals surface area contributed by atoms with E-state index in [0.717, 1.165) is 12.8 Å². The van der Waals surface area contributed by atoms with E-state index in [1.807, 2.05) is 27.7 Å². The Kier molecular flexibility index (Phi) is 24.2. The zero-order chi connectivity index (χ0) is 31.7. The third-order valence-electron chi connectivity index (χ3n) is 5.57. The maximum absolute atomic E-state index is 12.8. The van der Waals surface area contributed by atoms with Gasteiger partial charge in [0, 0.05) is 39.3 Å². The third-order valence-corrected chi connectivity index (χ3v) is 5.57. The highest BCUT2D eigenvalue weighted by Gasteiger charge is 2.48. The lowest BCUT2D eigenvalue weighted by Crippen LogP contribution is -2.53. The van der Waals surface area contributed by atoms with Crippen molar-refractivity contribution in [2.45, 2.75) is 131 Å². The smallest absolute Gasteiger partial charge is 0.383 e. The van der Waals surface area contributed by atoms with E-state index in [-0.39, 0.29) is 39.3 Å². The molecule has 12 heteroatoms. The van der Waals surface area contributed by atoms with Crippen LogP contribution in [-0.2, 0) is 57.0 Å². The largest absolute Gasteiger partial charge is 0.404 e. The quantitative estimate of drug-likeness (QED) is 0.0607. The van der Waals surface area contributed by atoms with Gasteiger partial charge in [0.1, 0.15) is 0 Å². The van der Waals surface area contributed by atoms with E-state index in [0.29, 0.717) is 52.1 Å². The van der Waals surface area contributed by atoms with Crippen molar-refractivity contribution in [1.29, 1.82) is 0 Å². The number of rotatable bonds is 29. The van der Waals surface area contributed by atoms with Crippen LogP contribution in [0.2, 0.25) is 0 Å². The fraction of sp³-hybridized carbons (Fsp3) is 0.933. The molecule has 0 rings (SSSR count). The SMILES string of the molecule is CCCOC(OCC)C(OCC)(OCC)OC(=O)CCCCCCC(=O)OC(OCC)(OCC)C(OCC)OCCC. The molecule has 0 aromatic carbocycles. The molecule has 0 amide bonds. The van der Waals surface area contributed by atoms with Gasteiger partial charge in [-0.15, -0.1) is 0 Å². The number of esters is 2. The fourth-order valence-electron chi connectivity index (χ4n) is 3.94. The van der Waals surface area contributed by atoms with E-state index in [9.17, 15) is 9.59 Å². The zero-order valence-electron chi connectivity index (χ0n) is 27.4. The molecule has 0 saturated heterocycles. The van der Waals surface area contributed by atoms with Crippen LogP contribution in [0.25, 0.3) is 0 Å². The van der Waals surface area contributed by atoms with E-state index in [2.05, 4.69) is 0 Å². The minimum atomic E-state index is -1.79. The Morgan fingerprint density at radius 2 is 0.810 bits per heavy atom. The van der Waals surface area contributed by atoms with Crippen LogP contribution in [-0.4, -0.2) is 89.3 Å². The number of ether oxygens (including phenoxy) is 10. The molecule has 0 aromatic heterocycles. The summed E-state index contributed by atoms with van der Waals surface area (Å²) >= 11 is 0. The molecule has 12 nitrogen and oxygen atoms in total. The first-order valence-corrected chi connectivity index (χ1v) is 15.7. The third kappa shape index (κ3) is 15.4. The van der Waals surface area contributed by atoms with Crippen LogP contribution >= 0.6 is 0 Å². The molecule has 2 unspecified atom stereocenters. The Morgan fingerprint density at radius 3 is 1.07 bits per heavy atom. The van der Waals surface area contributed by atoms with Crippen molar-refractivity contribution in [2.24, 2.45) is 0 Å². The van der Waals surface area contributed by atoms with Crippen molar-refractivity contribution in [3.8, 4) is 0 Å². The Bertz CT molecular complexity index is 607. The van der Waals surface area contributed by atoms with Gasteiger partial charge in [0.05, 0.1) is 26.4 Å². The molecule has 0 aromatic rings. The van der Waals surface area contributed by atoms with Gasteiger partial charge in [-0.1, -0.05) is 26.7 Å². The second-order valence-corrected chi connectivity index (χ2v) is 9.12. The van der Waals surface area contributed by atoms with Gasteiger partial charge in [-0.2, -0.15) is 0 Å². The van der Waals surface area contributed by atoms with Crippen molar-refractivity contribution in [3.63, 3.8) is 0 Å². The van der Waals surface area contributed by atoms with Crippen LogP contribution in [0.4, 0.5) is 0 Å². The van der Waals surface area contributed by atoms with Crippen LogP contribution in [0.3, 0.4) is 0 Å². The van der Waals surface area contributed by atoms with Crippen LogP contribution in [0.5, 0.6) is 0 Å². The highest BCUT2D eigenvalue weighted by molar-refractivity contribution is 5.70. The molecule has 0 saturated carbocycles. The summed E-state index contributed by atoms with van der Waals surface area (Å²) < 4.78 is 57.3. The molecular formula is C30H58O12. The lowest BCUT2D eigenvalue weighted by Gasteiger charge is -2.37. The molecule has 42 heavy (non-hydrogen) atoms. The molecule has 0 bridgehead atoms. The van der Waals surface area contributed by atoms with Gasteiger partial charge in [0.15, 0.2) is 0 Å². The summed E-state index contributed by atoms with van der Waals surface area (Å²) in [6.45, 7) is 17.0. The van der Waals surface area contributed by atoms with Gasteiger partial charge < -0.3 is 47.4 Å². The first-order valence-electron chi connectivity index (χ1n) is 15.7. The van der Waals surface area contributed by atoms with Crippen LogP contribution in [0.1, 0.15) is 107 Å². The number of carbonyl (C=O) groups is 2. The highest BCUT2D eigenvalue weighted by Crippen LogP contribution is 2.27. The number of hydrogen-bond donors (Lipinski definition) is 0. The van der Waals surface area contributed by atoms with Crippen LogP contribution in [0, 0.1) is 0 Å². The predicted octanol–water partition coefficient (Wildman–Crippen LogP) is 5.45. The van der Waals surface area contributed by atoms with E-state index in [1.165, 1.54) is 0 Å². The summed E-state index contributed by atoms with van der Waals surface area (Å²) in [7, 11) is 0. The zero-order valence-corrected chi connectivity index (χ0v) is 27.4. The van der Waals surface area contributed by atoms with Crippen molar-refractivity contribution in [2.75, 3.05) is 52.9 Å². The minimum Gasteiger partial charge on any atom is -0.404 e. The number of carbonyl (C=O) groups excluding carboxylic acids is 2. The number of hydrogen-bond acceptors (Lipinski definition) is 12. The summed E-state index contributed by atoms with van der Waals surface area (Å²) in [6.07, 6.45) is 2.23. The molecule has 250 valence electrons. The van der Waals surface area contributed by atoms with Crippen molar-refractivity contribution in [1.82, 2.24) is 0 Å². The summed E-state index contributed by atoms with van der Waals surface area (Å²) in [6, 6.07) is 0. The van der Waals surface area contributed by atoms with Crippen molar-refractivity contribution >= 4 is 11.9 Å². The van der Waals surface area contributed by atoms with Crippen LogP contribution in [0.15, 0.2) is 0 Å². The van der Waals surface area contributed by atoms with E-state index in [4.69, 9.17) is 47.4 Å². The molecule has 0 N–H and O–H groups in total. The summed E-state index contributed by atoms with van der Waals surface area (Å²) in [5.74, 6) is -4.56. The molecular weight excluding hydrogens is 552 g/mol. The Balaban J connectivity index is 5.00. The monoisotopic (exact) mass is 610 g/mol. The molecule has 0 aliphatic carbocycles. The maximum Gasteiger partial charge on any atom is 0.383 e. The van der Waals surface area contributed by atoms with Crippen molar-refractivity contribution in [3.05, 3.63) is 0 Å². The second kappa shape index (κ2) is 25.0. The average molecular weight is 611 g/mol. The van der Waals surface area contributed by atoms with E-state index < -0.39 is 36.5 Å². The van der Waals surface area contributed by atoms with E-state index >= 15 is 0 Å². The van der Waals surface area contributed by atoms with E-state index in [1.54, 1.807) is 27.7 Å².